The molecule has 0 saturated carbocycles. The molecule has 0 radical (unpaired) electrons. The molecule has 0 aromatic heterocycles. The van der Waals surface area contributed by atoms with Crippen molar-refractivity contribution in [2.24, 2.45) is 5.92 Å². The lowest BCUT2D eigenvalue weighted by molar-refractivity contribution is -0.121. The SMILES string of the molecule is O=C(Nc1ccccc1)C1CCN(C(=O)c2cccc(Cl)c2)CC1. The first-order valence-corrected chi connectivity index (χ1v) is 8.42. The quantitative estimate of drug-likeness (QED) is 0.921. The number of amides is 2. The lowest BCUT2D eigenvalue weighted by atomic mass is 9.95. The van der Waals surface area contributed by atoms with Gasteiger partial charge >= 0.3 is 0 Å². The lowest BCUT2D eigenvalue weighted by Gasteiger charge is -2.31. The van der Waals surface area contributed by atoms with Gasteiger partial charge in [-0.25, -0.2) is 0 Å². The average molecular weight is 343 g/mol. The number of rotatable bonds is 3. The van der Waals surface area contributed by atoms with Crippen LogP contribution in [-0.2, 0) is 4.79 Å². The van der Waals surface area contributed by atoms with Gasteiger partial charge in [0.2, 0.25) is 5.91 Å². The van der Waals surface area contributed by atoms with E-state index >= 15 is 0 Å². The number of nitrogens with one attached hydrogen (secondary N) is 1. The molecule has 0 spiro atoms. The second kappa shape index (κ2) is 7.49. The van der Waals surface area contributed by atoms with E-state index < -0.39 is 0 Å². The van der Waals surface area contributed by atoms with Gasteiger partial charge in [0.1, 0.15) is 0 Å². The van der Waals surface area contributed by atoms with Crippen LogP contribution in [0.1, 0.15) is 23.2 Å². The van der Waals surface area contributed by atoms with E-state index in [1.165, 1.54) is 0 Å². The van der Waals surface area contributed by atoms with E-state index in [-0.39, 0.29) is 17.7 Å². The molecule has 5 heteroatoms. The number of nitrogens with zero attached hydrogens (tertiary/aromatic N) is 1. The lowest BCUT2D eigenvalue weighted by Crippen LogP contribution is -2.41. The zero-order chi connectivity index (χ0) is 16.9. The predicted molar refractivity (Wildman–Crippen MR) is 95.2 cm³/mol. The predicted octanol–water partition coefficient (Wildman–Crippen LogP) is 3.83. The molecule has 0 atom stereocenters. The molecule has 1 aliphatic heterocycles. The molecular weight excluding hydrogens is 324 g/mol. The molecule has 2 aromatic carbocycles. The Kier molecular flexibility index (Phi) is 5.16. The summed E-state index contributed by atoms with van der Waals surface area (Å²) in [6.07, 6.45) is 1.34. The number of hydrogen-bond acceptors (Lipinski definition) is 2. The summed E-state index contributed by atoms with van der Waals surface area (Å²) in [7, 11) is 0. The third-order valence-corrected chi connectivity index (χ3v) is 4.50. The fraction of sp³-hybridized carbons (Fsp3) is 0.263. The van der Waals surface area contributed by atoms with Crippen LogP contribution in [0, 0.1) is 5.92 Å². The van der Waals surface area contributed by atoms with Crippen molar-refractivity contribution in [2.45, 2.75) is 12.8 Å². The fourth-order valence-electron chi connectivity index (χ4n) is 2.91. The first kappa shape index (κ1) is 16.5. The zero-order valence-corrected chi connectivity index (χ0v) is 14.0. The number of para-hydroxylation sites is 1. The fourth-order valence-corrected chi connectivity index (χ4v) is 3.10. The number of hydrogen-bond donors (Lipinski definition) is 1. The van der Waals surface area contributed by atoms with Crippen molar-refractivity contribution in [1.29, 1.82) is 0 Å². The molecule has 0 unspecified atom stereocenters. The van der Waals surface area contributed by atoms with E-state index in [2.05, 4.69) is 5.32 Å². The average Bonchev–Trinajstić information content (AvgIpc) is 2.62. The Hall–Kier alpha value is -2.33. The second-order valence-corrected chi connectivity index (χ2v) is 6.37. The zero-order valence-electron chi connectivity index (χ0n) is 13.2. The third kappa shape index (κ3) is 3.95. The van der Waals surface area contributed by atoms with Crippen molar-refractivity contribution in [3.8, 4) is 0 Å². The van der Waals surface area contributed by atoms with E-state index in [1.54, 1.807) is 29.2 Å². The summed E-state index contributed by atoms with van der Waals surface area (Å²) in [5.41, 5.74) is 1.40. The number of likely N-dealkylation sites (tertiary alicyclic amines) is 1. The Bertz CT molecular complexity index is 725. The van der Waals surface area contributed by atoms with Crippen LogP contribution in [0.15, 0.2) is 54.6 Å². The molecule has 1 N–H and O–H groups in total. The molecule has 0 aliphatic carbocycles. The summed E-state index contributed by atoms with van der Waals surface area (Å²) >= 11 is 5.95. The van der Waals surface area contributed by atoms with Crippen molar-refractivity contribution >= 4 is 29.1 Å². The maximum absolute atomic E-state index is 12.5. The van der Waals surface area contributed by atoms with Crippen molar-refractivity contribution in [3.05, 3.63) is 65.2 Å². The molecule has 1 heterocycles. The van der Waals surface area contributed by atoms with Crippen LogP contribution in [0.3, 0.4) is 0 Å². The Labute approximate surface area is 146 Å². The number of halogens is 1. The monoisotopic (exact) mass is 342 g/mol. The van der Waals surface area contributed by atoms with E-state index in [0.29, 0.717) is 36.5 Å². The number of carbonyl (C=O) groups excluding carboxylic acids is 2. The smallest absolute Gasteiger partial charge is 0.253 e. The highest BCUT2D eigenvalue weighted by molar-refractivity contribution is 6.30. The maximum atomic E-state index is 12.5. The molecule has 1 saturated heterocycles. The largest absolute Gasteiger partial charge is 0.339 e. The number of anilines is 1. The van der Waals surface area contributed by atoms with Crippen molar-refractivity contribution in [3.63, 3.8) is 0 Å². The van der Waals surface area contributed by atoms with Crippen LogP contribution in [0.25, 0.3) is 0 Å². The minimum absolute atomic E-state index is 0.0241. The van der Waals surface area contributed by atoms with Crippen molar-refractivity contribution < 1.29 is 9.59 Å². The molecular formula is C19H19ClN2O2. The Morgan fingerprint density at radius 3 is 2.38 bits per heavy atom. The molecule has 2 amide bonds. The molecule has 3 rings (SSSR count). The minimum Gasteiger partial charge on any atom is -0.339 e. The Morgan fingerprint density at radius 2 is 1.71 bits per heavy atom. The molecule has 1 aliphatic rings. The highest BCUT2D eigenvalue weighted by atomic mass is 35.5. The maximum Gasteiger partial charge on any atom is 0.253 e. The summed E-state index contributed by atoms with van der Waals surface area (Å²) in [5.74, 6) is -0.0657. The minimum atomic E-state index is -0.0615. The van der Waals surface area contributed by atoms with Crippen LogP contribution < -0.4 is 5.32 Å². The molecule has 4 nitrogen and oxygen atoms in total. The van der Waals surface area contributed by atoms with Gasteiger partial charge < -0.3 is 10.2 Å². The van der Waals surface area contributed by atoms with Crippen LogP contribution in [0.5, 0.6) is 0 Å². The van der Waals surface area contributed by atoms with Crippen molar-refractivity contribution in [2.75, 3.05) is 18.4 Å². The number of carbonyl (C=O) groups is 2. The van der Waals surface area contributed by atoms with Crippen LogP contribution in [-0.4, -0.2) is 29.8 Å². The van der Waals surface area contributed by atoms with E-state index in [0.717, 1.165) is 5.69 Å². The standard InChI is InChI=1S/C19H19ClN2O2/c20-16-6-4-5-15(13-16)19(24)22-11-9-14(10-12-22)18(23)21-17-7-2-1-3-8-17/h1-8,13-14H,9-12H2,(H,21,23). The van der Waals surface area contributed by atoms with Gasteiger partial charge in [-0.1, -0.05) is 35.9 Å². The van der Waals surface area contributed by atoms with Crippen LogP contribution in [0.4, 0.5) is 5.69 Å². The number of piperidine rings is 1. The topological polar surface area (TPSA) is 49.4 Å². The van der Waals surface area contributed by atoms with Gasteiger partial charge in [0.05, 0.1) is 0 Å². The van der Waals surface area contributed by atoms with E-state index in [4.69, 9.17) is 11.6 Å². The van der Waals surface area contributed by atoms with Gasteiger partial charge in [-0.15, -0.1) is 0 Å². The normalized spacial score (nSPS) is 15.1. The van der Waals surface area contributed by atoms with Gasteiger partial charge in [-0.3, -0.25) is 9.59 Å². The van der Waals surface area contributed by atoms with Crippen LogP contribution >= 0.6 is 11.6 Å². The van der Waals surface area contributed by atoms with Gasteiger partial charge in [-0.2, -0.15) is 0 Å². The van der Waals surface area contributed by atoms with E-state index in [1.807, 2.05) is 30.3 Å². The summed E-state index contributed by atoms with van der Waals surface area (Å²) < 4.78 is 0. The number of benzene rings is 2. The second-order valence-electron chi connectivity index (χ2n) is 5.93. The Morgan fingerprint density at radius 1 is 1.00 bits per heavy atom. The first-order valence-electron chi connectivity index (χ1n) is 8.04. The third-order valence-electron chi connectivity index (χ3n) is 4.27. The van der Waals surface area contributed by atoms with Crippen molar-refractivity contribution in [1.82, 2.24) is 4.90 Å². The molecule has 1 fully saturated rings. The molecule has 0 bridgehead atoms. The summed E-state index contributed by atoms with van der Waals surface area (Å²) in [4.78, 5) is 26.6. The van der Waals surface area contributed by atoms with Gasteiger partial charge in [0, 0.05) is 35.3 Å². The molecule has 2 aromatic rings. The van der Waals surface area contributed by atoms with Gasteiger partial charge in [-0.05, 0) is 43.2 Å². The highest BCUT2D eigenvalue weighted by Crippen LogP contribution is 2.22. The van der Waals surface area contributed by atoms with Crippen LogP contribution in [0.2, 0.25) is 5.02 Å². The highest BCUT2D eigenvalue weighted by Gasteiger charge is 2.27. The summed E-state index contributed by atoms with van der Waals surface area (Å²) in [6, 6.07) is 16.4. The van der Waals surface area contributed by atoms with E-state index in [9.17, 15) is 9.59 Å². The van der Waals surface area contributed by atoms with Gasteiger partial charge in [0.15, 0.2) is 0 Å². The van der Waals surface area contributed by atoms with Gasteiger partial charge in [0.25, 0.3) is 5.91 Å². The Balaban J connectivity index is 1.55. The summed E-state index contributed by atoms with van der Waals surface area (Å²) in [5, 5.41) is 3.49. The molecule has 124 valence electrons. The first-order chi connectivity index (χ1) is 11.6. The summed E-state index contributed by atoms with van der Waals surface area (Å²) in [6.45, 7) is 1.16. The molecule has 24 heavy (non-hydrogen) atoms.